The van der Waals surface area contributed by atoms with Crippen LogP contribution in [0.3, 0.4) is 0 Å². The third-order valence-corrected chi connectivity index (χ3v) is 3.17. The minimum absolute atomic E-state index is 0.107. The normalized spacial score (nSPS) is 10.4. The summed E-state index contributed by atoms with van der Waals surface area (Å²) in [4.78, 5) is 15.4. The van der Waals surface area contributed by atoms with Gasteiger partial charge >= 0.3 is 0 Å². The van der Waals surface area contributed by atoms with Gasteiger partial charge in [0.2, 0.25) is 0 Å². The van der Waals surface area contributed by atoms with Crippen molar-refractivity contribution in [3.8, 4) is 11.3 Å². The number of anilines is 2. The summed E-state index contributed by atoms with van der Waals surface area (Å²) in [5.41, 5.74) is 3.26. The van der Waals surface area contributed by atoms with E-state index in [9.17, 15) is 9.18 Å². The molecular weight excluding hydrogens is 282 g/mol. The van der Waals surface area contributed by atoms with Gasteiger partial charge in [-0.3, -0.25) is 10.1 Å². The highest BCUT2D eigenvalue weighted by molar-refractivity contribution is 6.62. The van der Waals surface area contributed by atoms with E-state index in [2.05, 4.69) is 20.5 Å². The van der Waals surface area contributed by atoms with E-state index in [1.807, 2.05) is 6.07 Å². The number of carbonyl (C=O) groups excluding carboxylic acids is 1. The fourth-order valence-corrected chi connectivity index (χ4v) is 2.06. The zero-order valence-corrected chi connectivity index (χ0v) is 11.8. The quantitative estimate of drug-likeness (QED) is 0.723. The molecule has 2 N–H and O–H groups in total. The molecule has 0 aliphatic heterocycles. The van der Waals surface area contributed by atoms with Gasteiger partial charge in [-0.15, -0.1) is 0 Å². The average molecular weight is 294 g/mol. The van der Waals surface area contributed by atoms with Gasteiger partial charge in [0.05, 0.1) is 17.6 Å². The lowest BCUT2D eigenvalue weighted by atomic mass is 9.99. The maximum absolute atomic E-state index is 13.0. The number of halogens is 1. The Labute approximate surface area is 127 Å². The molecule has 22 heavy (non-hydrogen) atoms. The van der Waals surface area contributed by atoms with Crippen LogP contribution < -0.4 is 5.32 Å². The fraction of sp³-hybridized carbons (Fsp3) is 0. The largest absolute Gasteiger partial charge is 0.354 e. The molecule has 0 spiro atoms. The topological polar surface area (TPSA) is 70.7 Å². The number of pyridine rings is 1. The van der Waals surface area contributed by atoms with Crippen molar-refractivity contribution in [1.82, 2.24) is 15.2 Å². The summed E-state index contributed by atoms with van der Waals surface area (Å²) in [6, 6.07) is 9.53. The van der Waals surface area contributed by atoms with E-state index in [4.69, 9.17) is 0 Å². The van der Waals surface area contributed by atoms with Gasteiger partial charge in [0.15, 0.2) is 7.85 Å². The summed E-state index contributed by atoms with van der Waals surface area (Å²) in [5, 5.41) is 9.99. The van der Waals surface area contributed by atoms with Crippen molar-refractivity contribution in [1.29, 1.82) is 0 Å². The van der Waals surface area contributed by atoms with Crippen LogP contribution in [-0.4, -0.2) is 28.7 Å². The Morgan fingerprint density at radius 2 is 2.00 bits per heavy atom. The third kappa shape index (κ3) is 2.88. The first-order valence-electron chi connectivity index (χ1n) is 6.67. The molecule has 3 aromatic rings. The molecule has 0 atom stereocenters. The van der Waals surface area contributed by atoms with Crippen molar-refractivity contribution in [2.45, 2.75) is 0 Å². The lowest BCUT2D eigenvalue weighted by molar-refractivity contribution is 0.107. The number of nitrogens with zero attached hydrogens (tertiary/aromatic N) is 2. The minimum atomic E-state index is -0.295. The lowest BCUT2D eigenvalue weighted by Crippen LogP contribution is -1.96. The molecule has 2 heterocycles. The number of rotatable bonds is 4. The van der Waals surface area contributed by atoms with Gasteiger partial charge in [-0.2, -0.15) is 5.10 Å². The molecule has 108 valence electrons. The number of aromatic nitrogens is 3. The van der Waals surface area contributed by atoms with Crippen molar-refractivity contribution in [2.24, 2.45) is 0 Å². The second-order valence-corrected chi connectivity index (χ2v) is 4.78. The van der Waals surface area contributed by atoms with Crippen molar-refractivity contribution in [3.63, 3.8) is 0 Å². The first kappa shape index (κ1) is 14.0. The van der Waals surface area contributed by atoms with Crippen LogP contribution in [0.5, 0.6) is 0 Å². The van der Waals surface area contributed by atoms with E-state index in [0.717, 1.165) is 16.9 Å². The standard InChI is InChI=1S/C15H12BFN4O/c16-15(22)13-7-12(20-21-13)11-5-6-18-8-14(11)19-10-3-1-9(17)2-4-10/h1-8,19H,16H2,(H,20,21). The smallest absolute Gasteiger partial charge is 0.195 e. The summed E-state index contributed by atoms with van der Waals surface area (Å²) < 4.78 is 13.0. The van der Waals surface area contributed by atoms with Gasteiger partial charge in [0.25, 0.3) is 0 Å². The Morgan fingerprint density at radius 3 is 2.68 bits per heavy atom. The highest BCUT2D eigenvalue weighted by Gasteiger charge is 2.11. The van der Waals surface area contributed by atoms with Gasteiger partial charge < -0.3 is 10.1 Å². The van der Waals surface area contributed by atoms with E-state index in [-0.39, 0.29) is 11.5 Å². The highest BCUT2D eigenvalue weighted by atomic mass is 19.1. The number of nitrogens with one attached hydrogen (secondary N) is 2. The third-order valence-electron chi connectivity index (χ3n) is 3.17. The van der Waals surface area contributed by atoms with E-state index in [1.165, 1.54) is 20.0 Å². The van der Waals surface area contributed by atoms with Crippen molar-refractivity contribution in [3.05, 3.63) is 60.3 Å². The molecule has 7 heteroatoms. The SMILES string of the molecule is BC(=O)c1cc(-c2ccncc2Nc2ccc(F)cc2)[nH]n1. The molecule has 0 aliphatic rings. The first-order valence-corrected chi connectivity index (χ1v) is 6.67. The molecule has 0 aliphatic carbocycles. The second-order valence-electron chi connectivity index (χ2n) is 4.78. The first-order chi connectivity index (χ1) is 10.6. The molecule has 3 rings (SSSR count). The van der Waals surface area contributed by atoms with Crippen LogP contribution in [0.2, 0.25) is 0 Å². The summed E-state index contributed by atoms with van der Waals surface area (Å²) in [6.07, 6.45) is 3.31. The Bertz CT molecular complexity index is 816. The molecule has 0 radical (unpaired) electrons. The van der Waals surface area contributed by atoms with Crippen LogP contribution in [0, 0.1) is 5.82 Å². The van der Waals surface area contributed by atoms with E-state index < -0.39 is 0 Å². The Hall–Kier alpha value is -2.96. The summed E-state index contributed by atoms with van der Waals surface area (Å²) in [6.45, 7) is 0. The van der Waals surface area contributed by atoms with Gasteiger partial charge in [-0.25, -0.2) is 4.39 Å². The predicted molar refractivity (Wildman–Crippen MR) is 84.4 cm³/mol. The number of H-pyrrole nitrogens is 1. The molecule has 0 saturated carbocycles. The zero-order valence-electron chi connectivity index (χ0n) is 11.8. The molecule has 1 aromatic carbocycles. The van der Waals surface area contributed by atoms with Crippen LogP contribution >= 0.6 is 0 Å². The van der Waals surface area contributed by atoms with Gasteiger partial charge in [-0.05, 0) is 36.4 Å². The number of benzene rings is 1. The molecule has 0 saturated heterocycles. The molecule has 0 fully saturated rings. The molecule has 0 unspecified atom stereocenters. The number of hydrogen-bond donors (Lipinski definition) is 2. The number of carbonyl (C=O) groups is 1. The maximum Gasteiger partial charge on any atom is 0.195 e. The van der Waals surface area contributed by atoms with Crippen LogP contribution in [0.25, 0.3) is 11.3 Å². The van der Waals surface area contributed by atoms with Crippen molar-refractivity contribution >= 4 is 24.9 Å². The Morgan fingerprint density at radius 1 is 1.23 bits per heavy atom. The van der Waals surface area contributed by atoms with Gasteiger partial charge in [0.1, 0.15) is 17.2 Å². The number of hydrogen-bond acceptors (Lipinski definition) is 4. The van der Waals surface area contributed by atoms with E-state index in [1.54, 1.807) is 30.6 Å². The highest BCUT2D eigenvalue weighted by Crippen LogP contribution is 2.28. The Kier molecular flexibility index (Phi) is 3.70. The van der Waals surface area contributed by atoms with Crippen LogP contribution in [0.1, 0.15) is 10.5 Å². The lowest BCUT2D eigenvalue weighted by Gasteiger charge is -2.10. The van der Waals surface area contributed by atoms with Crippen molar-refractivity contribution in [2.75, 3.05) is 5.32 Å². The maximum atomic E-state index is 13.0. The van der Waals surface area contributed by atoms with Gasteiger partial charge in [0, 0.05) is 17.4 Å². The van der Waals surface area contributed by atoms with Crippen LogP contribution in [0.4, 0.5) is 15.8 Å². The van der Waals surface area contributed by atoms with Gasteiger partial charge in [-0.1, -0.05) is 0 Å². The van der Waals surface area contributed by atoms with Crippen molar-refractivity contribution < 1.29 is 9.18 Å². The average Bonchev–Trinajstić information content (AvgIpc) is 3.00. The van der Waals surface area contributed by atoms with E-state index >= 15 is 0 Å². The zero-order chi connectivity index (χ0) is 15.5. The minimum Gasteiger partial charge on any atom is -0.354 e. The second kappa shape index (κ2) is 5.81. The van der Waals surface area contributed by atoms with Crippen LogP contribution in [0.15, 0.2) is 48.8 Å². The van der Waals surface area contributed by atoms with Crippen LogP contribution in [-0.2, 0) is 0 Å². The Balaban J connectivity index is 1.95. The summed E-state index contributed by atoms with van der Waals surface area (Å²) in [7, 11) is 1.46. The monoisotopic (exact) mass is 294 g/mol. The van der Waals surface area contributed by atoms with E-state index in [0.29, 0.717) is 11.4 Å². The molecule has 5 nitrogen and oxygen atoms in total. The molecule has 0 amide bonds. The number of aromatic amines is 1. The predicted octanol–water partition coefficient (Wildman–Crippen LogP) is 2.13. The molecule has 2 aromatic heterocycles. The fourth-order valence-electron chi connectivity index (χ4n) is 2.06. The summed E-state index contributed by atoms with van der Waals surface area (Å²) >= 11 is 0. The molecule has 0 bridgehead atoms. The summed E-state index contributed by atoms with van der Waals surface area (Å²) in [5.74, 6) is -0.295. The molecular formula is C15H12BFN4O.